The maximum absolute atomic E-state index is 13.0. The van der Waals surface area contributed by atoms with Crippen molar-refractivity contribution < 1.29 is 22.8 Å². The van der Waals surface area contributed by atoms with Crippen molar-refractivity contribution in [1.29, 1.82) is 0 Å². The number of hydrogen-bond acceptors (Lipinski definition) is 2. The van der Waals surface area contributed by atoms with Crippen LogP contribution in [0.1, 0.15) is 30.4 Å². The van der Waals surface area contributed by atoms with Crippen molar-refractivity contribution in [1.82, 2.24) is 5.32 Å². The van der Waals surface area contributed by atoms with Crippen LogP contribution in [-0.2, 0) is 15.0 Å². The fraction of sp³-hybridized carbons (Fsp3) is 0.300. The SMILES string of the molecule is O=CCCC1(C(=O)NCC(F)(F)F)C2=C(CC=CC=C2)c2ccccc21. The number of nitrogens with one attached hydrogen (secondary N) is 1. The van der Waals surface area contributed by atoms with Gasteiger partial charge in [-0.3, -0.25) is 4.79 Å². The molecule has 0 heterocycles. The molecule has 1 amide bonds. The van der Waals surface area contributed by atoms with Gasteiger partial charge in [-0.1, -0.05) is 48.6 Å². The van der Waals surface area contributed by atoms with Crippen molar-refractivity contribution in [3.05, 3.63) is 65.3 Å². The summed E-state index contributed by atoms with van der Waals surface area (Å²) in [6.45, 7) is -1.40. The number of halogens is 3. The highest BCUT2D eigenvalue weighted by Gasteiger charge is 2.49. The summed E-state index contributed by atoms with van der Waals surface area (Å²) in [5.41, 5.74) is 1.81. The van der Waals surface area contributed by atoms with E-state index in [4.69, 9.17) is 0 Å². The molecule has 3 nitrogen and oxygen atoms in total. The largest absolute Gasteiger partial charge is 0.405 e. The molecule has 0 saturated heterocycles. The predicted octanol–water partition coefficient (Wildman–Crippen LogP) is 3.87. The van der Waals surface area contributed by atoms with Gasteiger partial charge in [0.15, 0.2) is 0 Å². The Bertz CT molecular complexity index is 821. The van der Waals surface area contributed by atoms with Gasteiger partial charge >= 0.3 is 6.18 Å². The normalized spacial score (nSPS) is 21.2. The van der Waals surface area contributed by atoms with E-state index in [1.54, 1.807) is 24.3 Å². The van der Waals surface area contributed by atoms with Crippen molar-refractivity contribution in [2.45, 2.75) is 30.9 Å². The minimum Gasteiger partial charge on any atom is -0.346 e. The first-order valence-electron chi connectivity index (χ1n) is 8.35. The molecule has 136 valence electrons. The van der Waals surface area contributed by atoms with Crippen LogP contribution in [0.25, 0.3) is 5.57 Å². The van der Waals surface area contributed by atoms with E-state index in [0.29, 0.717) is 23.8 Å². The van der Waals surface area contributed by atoms with E-state index >= 15 is 0 Å². The second kappa shape index (κ2) is 6.94. The molecule has 1 atom stereocenters. The lowest BCUT2D eigenvalue weighted by Crippen LogP contribution is -2.47. The van der Waals surface area contributed by atoms with Gasteiger partial charge in [0, 0.05) is 6.42 Å². The summed E-state index contributed by atoms with van der Waals surface area (Å²) >= 11 is 0. The number of alkyl halides is 3. The summed E-state index contributed by atoms with van der Waals surface area (Å²) in [6.07, 6.45) is 4.31. The van der Waals surface area contributed by atoms with Crippen molar-refractivity contribution in [2.24, 2.45) is 0 Å². The maximum atomic E-state index is 13.0. The molecule has 2 aliphatic carbocycles. The third kappa shape index (κ3) is 3.11. The average Bonchev–Trinajstić information content (AvgIpc) is 2.75. The zero-order valence-corrected chi connectivity index (χ0v) is 14.0. The van der Waals surface area contributed by atoms with Gasteiger partial charge in [-0.05, 0) is 35.1 Å². The van der Waals surface area contributed by atoms with Crippen LogP contribution in [-0.4, -0.2) is 24.9 Å². The molecular weight excluding hydrogens is 343 g/mol. The minimum absolute atomic E-state index is 0.0752. The number of carbonyl (C=O) groups excluding carboxylic acids is 2. The molecule has 0 radical (unpaired) electrons. The minimum atomic E-state index is -4.50. The standard InChI is InChI=1S/C20H18F3NO2/c21-20(22,23)13-24-18(26)19(11-6-12-25)16-9-3-1-2-7-14(16)15-8-4-5-10-17(15)19/h1-5,8-10,12H,6-7,11,13H2,(H,24,26). The Morgan fingerprint density at radius 1 is 1.23 bits per heavy atom. The van der Waals surface area contributed by atoms with Gasteiger partial charge < -0.3 is 10.1 Å². The van der Waals surface area contributed by atoms with Gasteiger partial charge in [0.05, 0.1) is 0 Å². The molecule has 0 aromatic heterocycles. The fourth-order valence-electron chi connectivity index (χ4n) is 3.78. The molecule has 0 spiro atoms. The van der Waals surface area contributed by atoms with Crippen molar-refractivity contribution >= 4 is 17.8 Å². The van der Waals surface area contributed by atoms with E-state index in [9.17, 15) is 22.8 Å². The summed E-state index contributed by atoms with van der Waals surface area (Å²) in [5, 5.41) is 2.04. The highest BCUT2D eigenvalue weighted by Crippen LogP contribution is 2.51. The van der Waals surface area contributed by atoms with Crippen LogP contribution in [0.2, 0.25) is 0 Å². The molecule has 26 heavy (non-hydrogen) atoms. The molecule has 1 unspecified atom stereocenters. The summed E-state index contributed by atoms with van der Waals surface area (Å²) < 4.78 is 38.0. The molecular formula is C20H18F3NO2. The summed E-state index contributed by atoms with van der Waals surface area (Å²) in [6, 6.07) is 7.24. The lowest BCUT2D eigenvalue weighted by molar-refractivity contribution is -0.141. The van der Waals surface area contributed by atoms with Crippen molar-refractivity contribution in [2.75, 3.05) is 6.54 Å². The highest BCUT2D eigenvalue weighted by molar-refractivity contribution is 6.01. The first-order chi connectivity index (χ1) is 12.4. The van der Waals surface area contributed by atoms with Crippen LogP contribution in [0, 0.1) is 0 Å². The monoisotopic (exact) mass is 361 g/mol. The topological polar surface area (TPSA) is 46.2 Å². The first-order valence-corrected chi connectivity index (χ1v) is 8.35. The van der Waals surface area contributed by atoms with Gasteiger partial charge in [0.2, 0.25) is 5.91 Å². The Morgan fingerprint density at radius 3 is 2.73 bits per heavy atom. The third-order valence-corrected chi connectivity index (χ3v) is 4.80. The number of carbonyl (C=O) groups is 2. The number of fused-ring (bicyclic) bond motifs is 2. The Labute approximate surface area is 149 Å². The van der Waals surface area contributed by atoms with Gasteiger partial charge in [-0.15, -0.1) is 0 Å². The number of aldehydes is 1. The van der Waals surface area contributed by atoms with E-state index in [0.717, 1.165) is 11.1 Å². The molecule has 2 aliphatic rings. The number of allylic oxidation sites excluding steroid dienone is 5. The number of amides is 1. The van der Waals surface area contributed by atoms with Gasteiger partial charge in [0.1, 0.15) is 18.2 Å². The fourth-order valence-corrected chi connectivity index (χ4v) is 3.78. The highest BCUT2D eigenvalue weighted by atomic mass is 19.4. The maximum Gasteiger partial charge on any atom is 0.405 e. The number of hydrogen-bond donors (Lipinski definition) is 1. The first kappa shape index (κ1) is 18.2. The van der Waals surface area contributed by atoms with Gasteiger partial charge in [-0.25, -0.2) is 0 Å². The van der Waals surface area contributed by atoms with E-state index in [1.165, 1.54) is 0 Å². The van der Waals surface area contributed by atoms with Crippen molar-refractivity contribution in [3.8, 4) is 0 Å². The van der Waals surface area contributed by atoms with E-state index in [1.807, 2.05) is 29.6 Å². The molecule has 0 aliphatic heterocycles. The molecule has 3 rings (SSSR count). The Morgan fingerprint density at radius 2 is 2.00 bits per heavy atom. The Kier molecular flexibility index (Phi) is 4.85. The molecule has 1 aromatic carbocycles. The zero-order chi connectivity index (χ0) is 18.8. The van der Waals surface area contributed by atoms with Crippen molar-refractivity contribution in [3.63, 3.8) is 0 Å². The van der Waals surface area contributed by atoms with Crippen LogP contribution in [0.5, 0.6) is 0 Å². The summed E-state index contributed by atoms with van der Waals surface area (Å²) in [5.74, 6) is -0.722. The Balaban J connectivity index is 2.13. The van der Waals surface area contributed by atoms with E-state index in [2.05, 4.69) is 0 Å². The molecule has 1 aromatic rings. The lowest BCUT2D eigenvalue weighted by Gasteiger charge is -2.31. The average molecular weight is 361 g/mol. The zero-order valence-electron chi connectivity index (χ0n) is 14.0. The molecule has 6 heteroatoms. The number of rotatable bonds is 5. The molecule has 1 N–H and O–H groups in total. The van der Waals surface area contributed by atoms with Gasteiger partial charge in [-0.2, -0.15) is 13.2 Å². The van der Waals surface area contributed by atoms with Gasteiger partial charge in [0.25, 0.3) is 0 Å². The Hall–Kier alpha value is -2.63. The van der Waals surface area contributed by atoms with E-state index in [-0.39, 0.29) is 12.8 Å². The second-order valence-corrected chi connectivity index (χ2v) is 6.34. The van der Waals surface area contributed by atoms with Crippen LogP contribution in [0.4, 0.5) is 13.2 Å². The lowest BCUT2D eigenvalue weighted by atomic mass is 9.72. The van der Waals surface area contributed by atoms with Crippen LogP contribution < -0.4 is 5.32 Å². The molecule has 0 fully saturated rings. The van der Waals surface area contributed by atoms with Crippen LogP contribution in [0.15, 0.2) is 54.1 Å². The molecule has 0 bridgehead atoms. The quantitative estimate of drug-likeness (QED) is 0.810. The van der Waals surface area contributed by atoms with Crippen LogP contribution >= 0.6 is 0 Å². The number of benzene rings is 1. The summed E-state index contributed by atoms with van der Waals surface area (Å²) in [7, 11) is 0. The smallest absolute Gasteiger partial charge is 0.346 e. The second-order valence-electron chi connectivity index (χ2n) is 6.34. The third-order valence-electron chi connectivity index (χ3n) is 4.80. The van der Waals surface area contributed by atoms with E-state index < -0.39 is 24.0 Å². The van der Waals surface area contributed by atoms with Crippen LogP contribution in [0.3, 0.4) is 0 Å². The predicted molar refractivity (Wildman–Crippen MR) is 92.3 cm³/mol. The molecule has 0 saturated carbocycles. The summed E-state index contributed by atoms with van der Waals surface area (Å²) in [4.78, 5) is 24.1.